The molecule has 0 aromatic heterocycles. The van der Waals surface area contributed by atoms with Crippen LogP contribution in [-0.4, -0.2) is 8.80 Å². The van der Waals surface area contributed by atoms with Gasteiger partial charge in [-0.15, -0.1) is 0 Å². The van der Waals surface area contributed by atoms with Gasteiger partial charge in [0.2, 0.25) is 0 Å². The van der Waals surface area contributed by atoms with Gasteiger partial charge in [-0.2, -0.15) is 0 Å². The van der Waals surface area contributed by atoms with Crippen LogP contribution in [0.3, 0.4) is 0 Å². The van der Waals surface area contributed by atoms with Crippen LogP contribution in [0.4, 0.5) is 0 Å². The van der Waals surface area contributed by atoms with Crippen LogP contribution in [-0.2, 0) is 0 Å². The maximum Gasteiger partial charge on any atom is 0.107 e. The predicted octanol–water partition coefficient (Wildman–Crippen LogP) is 3.98. The summed E-state index contributed by atoms with van der Waals surface area (Å²) in [6.45, 7) is 11.4. The van der Waals surface area contributed by atoms with Gasteiger partial charge in [0.05, 0.1) is 0 Å². The highest BCUT2D eigenvalue weighted by Crippen LogP contribution is 2.31. The number of hydrogen-bond donors (Lipinski definition) is 0. The minimum Gasteiger partial charge on any atom is -0.0883 e. The first-order valence-electron chi connectivity index (χ1n) is 6.34. The lowest BCUT2D eigenvalue weighted by molar-refractivity contribution is 0.747. The van der Waals surface area contributed by atoms with Crippen molar-refractivity contribution in [1.82, 2.24) is 0 Å². The molecule has 1 rings (SSSR count). The van der Waals surface area contributed by atoms with Gasteiger partial charge in [-0.3, -0.25) is 0 Å². The molecule has 0 saturated heterocycles. The van der Waals surface area contributed by atoms with E-state index in [-0.39, 0.29) is 0 Å². The summed E-state index contributed by atoms with van der Waals surface area (Å²) >= 11 is 0. The Bertz CT molecular complexity index is 393. The molecular formula is C16H24Si. The molecule has 0 fully saturated rings. The summed E-state index contributed by atoms with van der Waals surface area (Å²) in [4.78, 5) is 0. The second-order valence-corrected chi connectivity index (χ2v) is 9.43. The van der Waals surface area contributed by atoms with E-state index in [0.717, 1.165) is 0 Å². The highest BCUT2D eigenvalue weighted by Gasteiger charge is 2.29. The molecule has 0 aliphatic carbocycles. The van der Waals surface area contributed by atoms with E-state index >= 15 is 0 Å². The Balaban J connectivity index is 3.23. The summed E-state index contributed by atoms with van der Waals surface area (Å²) in [5, 5.41) is 3.43. The Morgan fingerprint density at radius 2 is 1.65 bits per heavy atom. The van der Waals surface area contributed by atoms with Crippen LogP contribution >= 0.6 is 0 Å². The molecule has 17 heavy (non-hydrogen) atoms. The predicted molar refractivity (Wildman–Crippen MR) is 81.5 cm³/mol. The standard InChI is InChI=1S/C16H24Si/c1-6-11-14(7-2)17(16(3,4)5)15-12-9-8-10-13-15/h6-13,17H,1-5H3. The largest absolute Gasteiger partial charge is 0.107 e. The number of benzene rings is 1. The van der Waals surface area contributed by atoms with Crippen LogP contribution in [0.5, 0.6) is 0 Å². The Hall–Kier alpha value is -1.08. The van der Waals surface area contributed by atoms with E-state index in [0.29, 0.717) is 5.04 Å². The Morgan fingerprint density at radius 1 is 1.06 bits per heavy atom. The molecule has 1 aromatic carbocycles. The molecule has 0 aliphatic rings. The molecule has 0 radical (unpaired) electrons. The highest BCUT2D eigenvalue weighted by atomic mass is 28.3. The van der Waals surface area contributed by atoms with Crippen LogP contribution < -0.4 is 5.19 Å². The van der Waals surface area contributed by atoms with Crippen LogP contribution in [0.2, 0.25) is 5.04 Å². The zero-order valence-corrected chi connectivity index (χ0v) is 12.9. The van der Waals surface area contributed by atoms with E-state index in [4.69, 9.17) is 0 Å². The first-order valence-corrected chi connectivity index (χ1v) is 8.07. The molecule has 0 heterocycles. The van der Waals surface area contributed by atoms with Crippen LogP contribution in [0.25, 0.3) is 0 Å². The fourth-order valence-corrected chi connectivity index (χ4v) is 6.10. The number of hydrogen-bond acceptors (Lipinski definition) is 0. The SMILES string of the molecule is CC=CC(=CC)[SiH](c1ccccc1)C(C)(C)C. The molecule has 1 atom stereocenters. The summed E-state index contributed by atoms with van der Waals surface area (Å²) < 4.78 is 0. The van der Waals surface area contributed by atoms with Gasteiger partial charge in [0.15, 0.2) is 0 Å². The molecule has 0 N–H and O–H groups in total. The molecule has 0 spiro atoms. The topological polar surface area (TPSA) is 0 Å². The van der Waals surface area contributed by atoms with Gasteiger partial charge < -0.3 is 0 Å². The smallest absolute Gasteiger partial charge is 0.0883 e. The first-order chi connectivity index (χ1) is 8.00. The summed E-state index contributed by atoms with van der Waals surface area (Å²) in [5.41, 5.74) is 0. The first kappa shape index (κ1) is 14.0. The van der Waals surface area contributed by atoms with Crippen LogP contribution in [0, 0.1) is 0 Å². The molecular weight excluding hydrogens is 220 g/mol. The lowest BCUT2D eigenvalue weighted by atomic mass is 10.2. The molecule has 0 amide bonds. The third-order valence-corrected chi connectivity index (χ3v) is 7.00. The lowest BCUT2D eigenvalue weighted by Gasteiger charge is -2.31. The van der Waals surface area contributed by atoms with Gasteiger partial charge in [-0.25, -0.2) is 0 Å². The van der Waals surface area contributed by atoms with Crippen molar-refractivity contribution < 1.29 is 0 Å². The van der Waals surface area contributed by atoms with Crippen molar-refractivity contribution in [3.8, 4) is 0 Å². The van der Waals surface area contributed by atoms with Crippen molar-refractivity contribution in [3.05, 3.63) is 53.8 Å². The minimum atomic E-state index is -1.14. The zero-order chi connectivity index (χ0) is 12.9. The average Bonchev–Trinajstić information content (AvgIpc) is 2.28. The summed E-state index contributed by atoms with van der Waals surface area (Å²) in [6.07, 6.45) is 6.73. The van der Waals surface area contributed by atoms with Gasteiger partial charge in [0, 0.05) is 0 Å². The van der Waals surface area contributed by atoms with Gasteiger partial charge >= 0.3 is 0 Å². The Kier molecular flexibility index (Phi) is 4.95. The fourth-order valence-electron chi connectivity index (χ4n) is 2.39. The highest BCUT2D eigenvalue weighted by molar-refractivity contribution is 6.82. The third-order valence-electron chi connectivity index (χ3n) is 3.02. The quantitative estimate of drug-likeness (QED) is 0.557. The average molecular weight is 244 g/mol. The fraction of sp³-hybridized carbons (Fsp3) is 0.375. The van der Waals surface area contributed by atoms with Crippen molar-refractivity contribution in [3.63, 3.8) is 0 Å². The van der Waals surface area contributed by atoms with Crippen molar-refractivity contribution in [2.24, 2.45) is 0 Å². The van der Waals surface area contributed by atoms with E-state index in [2.05, 4.69) is 83.2 Å². The molecule has 0 bridgehead atoms. The maximum atomic E-state index is 2.36. The van der Waals surface area contributed by atoms with Crippen molar-refractivity contribution >= 4 is 14.0 Å². The van der Waals surface area contributed by atoms with Crippen molar-refractivity contribution in [2.45, 2.75) is 39.7 Å². The van der Waals surface area contributed by atoms with Crippen molar-refractivity contribution in [1.29, 1.82) is 0 Å². The van der Waals surface area contributed by atoms with Gasteiger partial charge in [-0.05, 0) is 18.9 Å². The van der Waals surface area contributed by atoms with Gasteiger partial charge in [-0.1, -0.05) is 79.7 Å². The second kappa shape index (κ2) is 6.01. The van der Waals surface area contributed by atoms with E-state index in [1.807, 2.05) is 0 Å². The molecule has 1 heteroatoms. The normalized spacial score (nSPS) is 15.2. The van der Waals surface area contributed by atoms with Gasteiger partial charge in [0.25, 0.3) is 0 Å². The molecule has 0 saturated carbocycles. The summed E-state index contributed by atoms with van der Waals surface area (Å²) in [6, 6.07) is 11.0. The number of allylic oxidation sites excluding steroid dienone is 4. The molecule has 1 unspecified atom stereocenters. The van der Waals surface area contributed by atoms with Crippen molar-refractivity contribution in [2.75, 3.05) is 0 Å². The zero-order valence-electron chi connectivity index (χ0n) is 11.7. The molecule has 92 valence electrons. The number of rotatable bonds is 3. The Labute approximate surface area is 108 Å². The monoisotopic (exact) mass is 244 g/mol. The van der Waals surface area contributed by atoms with E-state index in [1.165, 1.54) is 10.4 Å². The third kappa shape index (κ3) is 3.71. The molecule has 0 nitrogen and oxygen atoms in total. The molecule has 0 aliphatic heterocycles. The summed E-state index contributed by atoms with van der Waals surface area (Å²) in [5.74, 6) is 0. The van der Waals surface area contributed by atoms with Crippen LogP contribution in [0.15, 0.2) is 53.8 Å². The molecule has 1 aromatic rings. The van der Waals surface area contributed by atoms with E-state index in [9.17, 15) is 0 Å². The lowest BCUT2D eigenvalue weighted by Crippen LogP contribution is -2.40. The van der Waals surface area contributed by atoms with E-state index < -0.39 is 8.80 Å². The Morgan fingerprint density at radius 3 is 2.06 bits per heavy atom. The summed E-state index contributed by atoms with van der Waals surface area (Å²) in [7, 11) is -1.14. The second-order valence-electron chi connectivity index (χ2n) is 5.50. The van der Waals surface area contributed by atoms with Gasteiger partial charge in [0.1, 0.15) is 8.80 Å². The van der Waals surface area contributed by atoms with Crippen LogP contribution in [0.1, 0.15) is 34.6 Å². The minimum absolute atomic E-state index is 0.364. The maximum absolute atomic E-state index is 2.36. The van der Waals surface area contributed by atoms with E-state index in [1.54, 1.807) is 0 Å².